The van der Waals surface area contributed by atoms with Gasteiger partial charge in [0, 0.05) is 10.6 Å². The van der Waals surface area contributed by atoms with Crippen molar-refractivity contribution >= 4 is 28.5 Å². The zero-order chi connectivity index (χ0) is 12.5. The molecule has 0 aliphatic carbocycles. The fourth-order valence-electron chi connectivity index (χ4n) is 1.80. The van der Waals surface area contributed by atoms with E-state index in [0.29, 0.717) is 0 Å². The van der Waals surface area contributed by atoms with Crippen LogP contribution in [0.25, 0.3) is 11.0 Å². The van der Waals surface area contributed by atoms with Crippen LogP contribution in [0.3, 0.4) is 0 Å². The SMILES string of the molecule is Cc1cc(Sc2nc3ccccc3[nH]2)ccc1N. The van der Waals surface area contributed by atoms with Gasteiger partial charge in [-0.05, 0) is 42.8 Å². The van der Waals surface area contributed by atoms with Gasteiger partial charge in [-0.2, -0.15) is 0 Å². The molecule has 0 saturated heterocycles. The second-order valence-corrected chi connectivity index (χ2v) is 5.24. The minimum Gasteiger partial charge on any atom is -0.399 e. The van der Waals surface area contributed by atoms with Crippen LogP contribution in [0, 0.1) is 6.92 Å². The molecule has 0 saturated carbocycles. The number of nitrogens with zero attached hydrogens (tertiary/aromatic N) is 1. The number of aromatic nitrogens is 2. The Balaban J connectivity index is 1.93. The van der Waals surface area contributed by atoms with Crippen LogP contribution in [0.5, 0.6) is 0 Å². The molecule has 0 fully saturated rings. The number of aryl methyl sites for hydroxylation is 1. The molecule has 3 aromatic rings. The number of imidazole rings is 1. The number of rotatable bonds is 2. The third kappa shape index (κ3) is 2.07. The maximum absolute atomic E-state index is 5.81. The molecule has 1 aromatic heterocycles. The highest BCUT2D eigenvalue weighted by Gasteiger charge is 2.04. The van der Waals surface area contributed by atoms with E-state index in [4.69, 9.17) is 5.73 Å². The van der Waals surface area contributed by atoms with E-state index in [1.165, 1.54) is 0 Å². The van der Waals surface area contributed by atoms with Crippen molar-refractivity contribution in [1.82, 2.24) is 9.97 Å². The molecule has 0 atom stereocenters. The molecule has 18 heavy (non-hydrogen) atoms. The van der Waals surface area contributed by atoms with Crippen LogP contribution >= 0.6 is 11.8 Å². The average Bonchev–Trinajstić information content (AvgIpc) is 2.76. The summed E-state index contributed by atoms with van der Waals surface area (Å²) >= 11 is 1.61. The summed E-state index contributed by atoms with van der Waals surface area (Å²) in [5.74, 6) is 0. The Hall–Kier alpha value is -1.94. The fraction of sp³-hybridized carbons (Fsp3) is 0.0714. The van der Waals surface area contributed by atoms with Crippen molar-refractivity contribution in [2.24, 2.45) is 0 Å². The molecule has 0 unspecified atom stereocenters. The summed E-state index contributed by atoms with van der Waals surface area (Å²) < 4.78 is 0. The monoisotopic (exact) mass is 255 g/mol. The van der Waals surface area contributed by atoms with Gasteiger partial charge in [-0.3, -0.25) is 0 Å². The van der Waals surface area contributed by atoms with E-state index in [0.717, 1.165) is 32.3 Å². The molecule has 0 amide bonds. The Bertz CT molecular complexity index is 670. The fourth-order valence-corrected chi connectivity index (χ4v) is 2.70. The summed E-state index contributed by atoms with van der Waals surface area (Å²) in [5.41, 5.74) is 9.78. The standard InChI is InChI=1S/C14H13N3S/c1-9-8-10(6-7-11(9)15)18-14-16-12-4-2-3-5-13(12)17-14/h2-8H,15H2,1H3,(H,16,17). The molecule has 4 heteroatoms. The number of benzene rings is 2. The highest BCUT2D eigenvalue weighted by molar-refractivity contribution is 7.99. The van der Waals surface area contributed by atoms with E-state index in [-0.39, 0.29) is 0 Å². The summed E-state index contributed by atoms with van der Waals surface area (Å²) in [6.45, 7) is 2.01. The number of nitrogens with two attached hydrogens (primary N) is 1. The van der Waals surface area contributed by atoms with Crippen LogP contribution in [-0.2, 0) is 0 Å². The van der Waals surface area contributed by atoms with Gasteiger partial charge >= 0.3 is 0 Å². The number of anilines is 1. The second-order valence-electron chi connectivity index (χ2n) is 4.18. The molecule has 3 nitrogen and oxygen atoms in total. The smallest absolute Gasteiger partial charge is 0.171 e. The zero-order valence-electron chi connectivity index (χ0n) is 9.97. The van der Waals surface area contributed by atoms with Gasteiger partial charge in [0.05, 0.1) is 11.0 Å². The van der Waals surface area contributed by atoms with Gasteiger partial charge in [-0.15, -0.1) is 0 Å². The predicted octanol–water partition coefficient (Wildman–Crippen LogP) is 3.60. The van der Waals surface area contributed by atoms with Gasteiger partial charge < -0.3 is 10.7 Å². The van der Waals surface area contributed by atoms with Crippen molar-refractivity contribution in [2.45, 2.75) is 17.0 Å². The van der Waals surface area contributed by atoms with Gasteiger partial charge in [0.2, 0.25) is 0 Å². The van der Waals surface area contributed by atoms with Gasteiger partial charge in [-0.25, -0.2) is 4.98 Å². The largest absolute Gasteiger partial charge is 0.399 e. The first-order chi connectivity index (χ1) is 8.72. The number of nitrogen functional groups attached to an aromatic ring is 1. The van der Waals surface area contributed by atoms with Crippen molar-refractivity contribution in [3.05, 3.63) is 48.0 Å². The Labute approximate surface area is 109 Å². The third-order valence-electron chi connectivity index (χ3n) is 2.82. The summed E-state index contributed by atoms with van der Waals surface area (Å²) in [5, 5.41) is 0.903. The van der Waals surface area contributed by atoms with Crippen molar-refractivity contribution in [1.29, 1.82) is 0 Å². The lowest BCUT2D eigenvalue weighted by Crippen LogP contribution is -1.88. The molecule has 0 aliphatic rings. The first-order valence-corrected chi connectivity index (χ1v) is 6.53. The molecule has 3 N–H and O–H groups in total. The lowest BCUT2D eigenvalue weighted by Gasteiger charge is -2.02. The summed E-state index contributed by atoms with van der Waals surface area (Å²) in [4.78, 5) is 8.97. The number of aromatic amines is 1. The van der Waals surface area contributed by atoms with Crippen LogP contribution in [0.1, 0.15) is 5.56 Å². The lowest BCUT2D eigenvalue weighted by atomic mass is 10.2. The minimum absolute atomic E-state index is 0.823. The number of fused-ring (bicyclic) bond motifs is 1. The minimum atomic E-state index is 0.823. The molecule has 0 bridgehead atoms. The van der Waals surface area contributed by atoms with Crippen molar-refractivity contribution in [2.75, 3.05) is 5.73 Å². The molecule has 3 rings (SSSR count). The normalized spacial score (nSPS) is 10.9. The Morgan fingerprint density at radius 2 is 2.00 bits per heavy atom. The molecular formula is C14H13N3S. The molecular weight excluding hydrogens is 242 g/mol. The highest BCUT2D eigenvalue weighted by atomic mass is 32.2. The maximum Gasteiger partial charge on any atom is 0.171 e. The molecule has 2 aromatic carbocycles. The quantitative estimate of drug-likeness (QED) is 0.688. The Morgan fingerprint density at radius 1 is 1.17 bits per heavy atom. The first-order valence-electron chi connectivity index (χ1n) is 5.71. The van der Waals surface area contributed by atoms with Gasteiger partial charge in [0.15, 0.2) is 5.16 Å². The van der Waals surface area contributed by atoms with Gasteiger partial charge in [0.25, 0.3) is 0 Å². The molecule has 90 valence electrons. The number of para-hydroxylation sites is 2. The first kappa shape index (κ1) is 11.2. The topological polar surface area (TPSA) is 54.7 Å². The second kappa shape index (κ2) is 4.38. The van der Waals surface area contributed by atoms with E-state index in [1.807, 2.05) is 43.3 Å². The van der Waals surface area contributed by atoms with Crippen molar-refractivity contribution < 1.29 is 0 Å². The van der Waals surface area contributed by atoms with Gasteiger partial charge in [0.1, 0.15) is 0 Å². The number of hydrogen-bond acceptors (Lipinski definition) is 3. The number of nitrogens with one attached hydrogen (secondary N) is 1. The van der Waals surface area contributed by atoms with Crippen LogP contribution in [-0.4, -0.2) is 9.97 Å². The highest BCUT2D eigenvalue weighted by Crippen LogP contribution is 2.29. The number of H-pyrrole nitrogens is 1. The molecule has 0 aliphatic heterocycles. The van der Waals surface area contributed by atoms with Crippen LogP contribution < -0.4 is 5.73 Å². The molecule has 0 spiro atoms. The summed E-state index contributed by atoms with van der Waals surface area (Å²) in [6, 6.07) is 14.0. The predicted molar refractivity (Wildman–Crippen MR) is 75.8 cm³/mol. The van der Waals surface area contributed by atoms with E-state index >= 15 is 0 Å². The van der Waals surface area contributed by atoms with E-state index < -0.39 is 0 Å². The van der Waals surface area contributed by atoms with E-state index in [2.05, 4.69) is 16.0 Å². The van der Waals surface area contributed by atoms with Crippen LogP contribution in [0.2, 0.25) is 0 Å². The summed E-state index contributed by atoms with van der Waals surface area (Å²) in [6.07, 6.45) is 0. The Morgan fingerprint density at radius 3 is 2.78 bits per heavy atom. The van der Waals surface area contributed by atoms with E-state index in [1.54, 1.807) is 11.8 Å². The van der Waals surface area contributed by atoms with E-state index in [9.17, 15) is 0 Å². The third-order valence-corrected chi connectivity index (χ3v) is 3.70. The van der Waals surface area contributed by atoms with Crippen molar-refractivity contribution in [3.8, 4) is 0 Å². The van der Waals surface area contributed by atoms with Gasteiger partial charge in [-0.1, -0.05) is 23.9 Å². The molecule has 0 radical (unpaired) electrons. The zero-order valence-corrected chi connectivity index (χ0v) is 10.8. The Kier molecular flexibility index (Phi) is 2.72. The molecule has 1 heterocycles. The maximum atomic E-state index is 5.81. The average molecular weight is 255 g/mol. The van der Waals surface area contributed by atoms with Crippen LogP contribution in [0.4, 0.5) is 5.69 Å². The summed E-state index contributed by atoms with van der Waals surface area (Å²) in [7, 11) is 0. The number of hydrogen-bond donors (Lipinski definition) is 2. The van der Waals surface area contributed by atoms with Crippen LogP contribution in [0.15, 0.2) is 52.5 Å². The van der Waals surface area contributed by atoms with Crippen molar-refractivity contribution in [3.63, 3.8) is 0 Å². The lowest BCUT2D eigenvalue weighted by molar-refractivity contribution is 1.08.